The molecule has 0 saturated heterocycles. The lowest BCUT2D eigenvalue weighted by Gasteiger charge is -2.10. The first-order valence-electron chi connectivity index (χ1n) is 10.3. The monoisotopic (exact) mass is 432 g/mol. The molecule has 0 aliphatic carbocycles. The number of benzene rings is 2. The molecule has 1 N–H and O–H groups in total. The smallest absolute Gasteiger partial charge is 0.277 e. The molecule has 8 heteroatoms. The Morgan fingerprint density at radius 2 is 1.88 bits per heavy atom. The standard InChI is InChI=1S/C24H24N4O4/c1-3-32-19-10-8-17(9-11-19)20-14-21-24(30)27(12-13-28(21)26-20)16-23(29)25-15-18-6-4-5-7-22(18)31-2/h4-14H,3,15-16H2,1-2H3,(H,25,29). The van der Waals surface area contributed by atoms with Crippen LogP contribution in [0.15, 0.2) is 71.8 Å². The van der Waals surface area contributed by atoms with Crippen LogP contribution in [-0.4, -0.2) is 33.8 Å². The van der Waals surface area contributed by atoms with Crippen LogP contribution in [0.4, 0.5) is 0 Å². The van der Waals surface area contributed by atoms with Crippen LogP contribution in [0.5, 0.6) is 11.5 Å². The summed E-state index contributed by atoms with van der Waals surface area (Å²) in [5, 5.41) is 7.31. The molecule has 2 aromatic heterocycles. The summed E-state index contributed by atoms with van der Waals surface area (Å²) >= 11 is 0. The van der Waals surface area contributed by atoms with Crippen molar-refractivity contribution >= 4 is 11.4 Å². The van der Waals surface area contributed by atoms with Crippen molar-refractivity contribution in [1.82, 2.24) is 19.5 Å². The molecule has 8 nitrogen and oxygen atoms in total. The van der Waals surface area contributed by atoms with Crippen LogP contribution in [0.1, 0.15) is 12.5 Å². The predicted molar refractivity (Wildman–Crippen MR) is 121 cm³/mol. The molecule has 0 saturated carbocycles. The van der Waals surface area contributed by atoms with Crippen molar-refractivity contribution in [3.05, 3.63) is 82.9 Å². The number of rotatable bonds is 8. The number of methoxy groups -OCH3 is 1. The van der Waals surface area contributed by atoms with E-state index in [2.05, 4.69) is 10.4 Å². The van der Waals surface area contributed by atoms with Gasteiger partial charge in [0.05, 0.1) is 19.4 Å². The summed E-state index contributed by atoms with van der Waals surface area (Å²) in [6.45, 7) is 2.75. The van der Waals surface area contributed by atoms with Gasteiger partial charge in [0, 0.05) is 30.1 Å². The van der Waals surface area contributed by atoms with Crippen molar-refractivity contribution in [2.24, 2.45) is 0 Å². The van der Waals surface area contributed by atoms with Gasteiger partial charge < -0.3 is 19.4 Å². The summed E-state index contributed by atoms with van der Waals surface area (Å²) in [6.07, 6.45) is 3.23. The number of para-hydroxylation sites is 1. The molecule has 4 rings (SSSR count). The molecule has 2 aromatic carbocycles. The number of amides is 1. The molecule has 0 fully saturated rings. The van der Waals surface area contributed by atoms with Gasteiger partial charge in [-0.05, 0) is 43.3 Å². The van der Waals surface area contributed by atoms with Crippen LogP contribution in [0.25, 0.3) is 16.8 Å². The van der Waals surface area contributed by atoms with Gasteiger partial charge in [0.2, 0.25) is 5.91 Å². The Hall–Kier alpha value is -4.07. The van der Waals surface area contributed by atoms with Gasteiger partial charge >= 0.3 is 0 Å². The van der Waals surface area contributed by atoms with Crippen molar-refractivity contribution < 1.29 is 14.3 Å². The molecule has 0 aliphatic rings. The van der Waals surface area contributed by atoms with E-state index >= 15 is 0 Å². The zero-order valence-corrected chi connectivity index (χ0v) is 17.9. The van der Waals surface area contributed by atoms with Crippen LogP contribution in [0.2, 0.25) is 0 Å². The zero-order valence-electron chi connectivity index (χ0n) is 17.9. The van der Waals surface area contributed by atoms with E-state index in [4.69, 9.17) is 9.47 Å². The molecule has 0 unspecified atom stereocenters. The van der Waals surface area contributed by atoms with E-state index in [0.29, 0.717) is 30.1 Å². The third kappa shape index (κ3) is 4.49. The van der Waals surface area contributed by atoms with Gasteiger partial charge in [-0.2, -0.15) is 5.10 Å². The van der Waals surface area contributed by atoms with Gasteiger partial charge in [-0.1, -0.05) is 18.2 Å². The van der Waals surface area contributed by atoms with Gasteiger partial charge in [0.15, 0.2) is 0 Å². The number of aromatic nitrogens is 3. The van der Waals surface area contributed by atoms with Gasteiger partial charge in [-0.25, -0.2) is 4.52 Å². The number of nitrogens with zero attached hydrogens (tertiary/aromatic N) is 3. The lowest BCUT2D eigenvalue weighted by molar-refractivity contribution is -0.121. The second-order valence-electron chi connectivity index (χ2n) is 7.14. The van der Waals surface area contributed by atoms with Crippen molar-refractivity contribution in [1.29, 1.82) is 0 Å². The Balaban J connectivity index is 1.49. The van der Waals surface area contributed by atoms with E-state index in [1.54, 1.807) is 25.6 Å². The normalized spacial score (nSPS) is 10.8. The van der Waals surface area contributed by atoms with E-state index < -0.39 is 0 Å². The van der Waals surface area contributed by atoms with Gasteiger partial charge in [0.25, 0.3) is 5.56 Å². The number of carbonyl (C=O) groups is 1. The second-order valence-corrected chi connectivity index (χ2v) is 7.14. The number of hydrogen-bond acceptors (Lipinski definition) is 5. The Bertz CT molecular complexity index is 1290. The fraction of sp³-hybridized carbons (Fsp3) is 0.208. The Morgan fingerprint density at radius 3 is 2.62 bits per heavy atom. The summed E-state index contributed by atoms with van der Waals surface area (Å²) in [5.41, 5.74) is 2.52. The SMILES string of the molecule is CCOc1ccc(-c2cc3c(=O)n(CC(=O)NCc4ccccc4OC)ccn3n2)cc1. The second kappa shape index (κ2) is 9.38. The third-order valence-electron chi connectivity index (χ3n) is 5.05. The highest BCUT2D eigenvalue weighted by atomic mass is 16.5. The molecule has 1 amide bonds. The molecule has 0 aliphatic heterocycles. The van der Waals surface area contributed by atoms with Gasteiger partial charge in [0.1, 0.15) is 23.6 Å². The number of nitrogens with one attached hydrogen (secondary N) is 1. The van der Waals surface area contributed by atoms with Crippen LogP contribution in [0.3, 0.4) is 0 Å². The van der Waals surface area contributed by atoms with E-state index in [1.165, 1.54) is 9.08 Å². The molecule has 4 aromatic rings. The minimum Gasteiger partial charge on any atom is -0.496 e. The first kappa shape index (κ1) is 21.2. The highest BCUT2D eigenvalue weighted by Crippen LogP contribution is 2.22. The number of ether oxygens (including phenoxy) is 2. The van der Waals surface area contributed by atoms with Crippen molar-refractivity contribution in [3.8, 4) is 22.8 Å². The van der Waals surface area contributed by atoms with Crippen LogP contribution in [-0.2, 0) is 17.9 Å². The molecule has 32 heavy (non-hydrogen) atoms. The van der Waals surface area contributed by atoms with Crippen LogP contribution >= 0.6 is 0 Å². The maximum atomic E-state index is 12.9. The average molecular weight is 432 g/mol. The number of fused-ring (bicyclic) bond motifs is 1. The van der Waals surface area contributed by atoms with Gasteiger partial charge in [-0.3, -0.25) is 9.59 Å². The lowest BCUT2D eigenvalue weighted by atomic mass is 10.1. The molecule has 2 heterocycles. The minimum atomic E-state index is -0.287. The average Bonchev–Trinajstić information content (AvgIpc) is 3.26. The lowest BCUT2D eigenvalue weighted by Crippen LogP contribution is -2.32. The van der Waals surface area contributed by atoms with E-state index in [9.17, 15) is 9.59 Å². The molecule has 0 spiro atoms. The maximum absolute atomic E-state index is 12.9. The Kier molecular flexibility index (Phi) is 6.21. The van der Waals surface area contributed by atoms with Crippen LogP contribution in [0, 0.1) is 0 Å². The largest absolute Gasteiger partial charge is 0.496 e. The summed E-state index contributed by atoms with van der Waals surface area (Å²) in [7, 11) is 1.59. The summed E-state index contributed by atoms with van der Waals surface area (Å²) < 4.78 is 13.7. The Labute approximate surface area is 185 Å². The fourth-order valence-corrected chi connectivity index (χ4v) is 3.43. The van der Waals surface area contributed by atoms with E-state index in [-0.39, 0.29) is 18.0 Å². The van der Waals surface area contributed by atoms with Crippen molar-refractivity contribution in [2.45, 2.75) is 20.0 Å². The highest BCUT2D eigenvalue weighted by Gasteiger charge is 2.12. The quantitative estimate of drug-likeness (QED) is 0.463. The first-order valence-corrected chi connectivity index (χ1v) is 10.3. The van der Waals surface area contributed by atoms with Crippen LogP contribution < -0.4 is 20.3 Å². The van der Waals surface area contributed by atoms with Crippen molar-refractivity contribution in [2.75, 3.05) is 13.7 Å². The summed E-state index contributed by atoms with van der Waals surface area (Å²) in [5.74, 6) is 1.21. The first-order chi connectivity index (χ1) is 15.6. The van der Waals surface area contributed by atoms with E-state index in [0.717, 1.165) is 16.9 Å². The van der Waals surface area contributed by atoms with Crippen molar-refractivity contribution in [3.63, 3.8) is 0 Å². The molecule has 164 valence electrons. The Morgan fingerprint density at radius 1 is 1.09 bits per heavy atom. The minimum absolute atomic E-state index is 0.0892. The van der Waals surface area contributed by atoms with Gasteiger partial charge in [-0.15, -0.1) is 0 Å². The number of hydrogen-bond donors (Lipinski definition) is 1. The summed E-state index contributed by atoms with van der Waals surface area (Å²) in [6, 6.07) is 16.7. The maximum Gasteiger partial charge on any atom is 0.277 e. The predicted octanol–water partition coefficient (Wildman–Crippen LogP) is 2.89. The molecule has 0 radical (unpaired) electrons. The molecular weight excluding hydrogens is 408 g/mol. The molecule has 0 atom stereocenters. The van der Waals surface area contributed by atoms with E-state index in [1.807, 2.05) is 55.5 Å². The molecule has 0 bridgehead atoms. The number of carbonyl (C=O) groups excluding carboxylic acids is 1. The third-order valence-corrected chi connectivity index (χ3v) is 5.05. The highest BCUT2D eigenvalue weighted by molar-refractivity contribution is 5.76. The fourth-order valence-electron chi connectivity index (χ4n) is 3.43. The summed E-state index contributed by atoms with van der Waals surface area (Å²) in [4.78, 5) is 25.3. The zero-order chi connectivity index (χ0) is 22.5. The molecular formula is C24H24N4O4. The topological polar surface area (TPSA) is 86.9 Å².